The highest BCUT2D eigenvalue weighted by Crippen LogP contribution is 2.37. The van der Waals surface area contributed by atoms with Crippen molar-refractivity contribution in [3.8, 4) is 0 Å². The number of piperidine rings is 1. The molecular weight excluding hydrogens is 216 g/mol. The van der Waals surface area contributed by atoms with Gasteiger partial charge in [0.25, 0.3) is 0 Å². The maximum Gasteiger partial charge on any atom is 0.323 e. The van der Waals surface area contributed by atoms with Crippen molar-refractivity contribution in [3.63, 3.8) is 0 Å². The topological polar surface area (TPSA) is 50.4 Å². The van der Waals surface area contributed by atoms with Crippen LogP contribution in [0.15, 0.2) is 0 Å². The van der Waals surface area contributed by atoms with Gasteiger partial charge in [-0.15, -0.1) is 0 Å². The van der Waals surface area contributed by atoms with Gasteiger partial charge in [-0.2, -0.15) is 0 Å². The highest BCUT2D eigenvalue weighted by atomic mass is 16.6. The summed E-state index contributed by atoms with van der Waals surface area (Å²) in [5, 5.41) is 6.70. The Hall–Kier alpha value is -0.610. The molecule has 0 aliphatic carbocycles. The van der Waals surface area contributed by atoms with E-state index < -0.39 is 5.60 Å². The Balaban J connectivity index is 1.95. The molecule has 2 aliphatic rings. The highest BCUT2D eigenvalue weighted by molar-refractivity contribution is 5.76. The number of rotatable bonds is 1. The van der Waals surface area contributed by atoms with Crippen molar-refractivity contribution in [1.29, 1.82) is 0 Å². The second-order valence-electron chi connectivity index (χ2n) is 6.42. The van der Waals surface area contributed by atoms with Gasteiger partial charge in [0, 0.05) is 6.54 Å². The van der Waals surface area contributed by atoms with Gasteiger partial charge in [-0.05, 0) is 58.5 Å². The molecule has 0 aromatic rings. The average molecular weight is 240 g/mol. The fraction of sp³-hybridized carbons (Fsp3) is 0.923. The number of hydrogen-bond acceptors (Lipinski definition) is 4. The van der Waals surface area contributed by atoms with Gasteiger partial charge < -0.3 is 15.4 Å². The summed E-state index contributed by atoms with van der Waals surface area (Å²) in [4.78, 5) is 12.0. The van der Waals surface area contributed by atoms with Crippen LogP contribution in [0.1, 0.15) is 40.0 Å². The quantitative estimate of drug-likeness (QED) is 0.673. The summed E-state index contributed by atoms with van der Waals surface area (Å²) in [6.07, 6.45) is 3.27. The van der Waals surface area contributed by atoms with E-state index in [0.29, 0.717) is 5.41 Å². The van der Waals surface area contributed by atoms with E-state index in [0.717, 1.165) is 26.1 Å². The highest BCUT2D eigenvalue weighted by Gasteiger charge is 2.41. The first-order valence-corrected chi connectivity index (χ1v) is 6.57. The van der Waals surface area contributed by atoms with Crippen LogP contribution >= 0.6 is 0 Å². The Bertz CT molecular complexity index is 290. The van der Waals surface area contributed by atoms with Gasteiger partial charge in [-0.3, -0.25) is 4.79 Å². The third-order valence-corrected chi connectivity index (χ3v) is 3.71. The molecule has 2 atom stereocenters. The second kappa shape index (κ2) is 4.58. The van der Waals surface area contributed by atoms with Crippen LogP contribution in [0, 0.1) is 5.41 Å². The van der Waals surface area contributed by atoms with Crippen molar-refractivity contribution in [2.75, 3.05) is 19.6 Å². The minimum absolute atomic E-state index is 0.0940. The van der Waals surface area contributed by atoms with Crippen LogP contribution in [0.5, 0.6) is 0 Å². The Kier molecular flexibility index (Phi) is 3.46. The number of hydrogen-bond donors (Lipinski definition) is 2. The van der Waals surface area contributed by atoms with E-state index in [1.165, 1.54) is 12.8 Å². The third-order valence-electron chi connectivity index (χ3n) is 3.71. The van der Waals surface area contributed by atoms with Crippen molar-refractivity contribution in [3.05, 3.63) is 0 Å². The molecule has 4 nitrogen and oxygen atoms in total. The molecule has 0 radical (unpaired) electrons. The van der Waals surface area contributed by atoms with Crippen LogP contribution in [0.2, 0.25) is 0 Å². The Morgan fingerprint density at radius 3 is 2.59 bits per heavy atom. The standard InChI is InChI=1S/C13H24N2O2/c1-12(2,3)17-11(16)10-8-13(5-7-15-10)4-6-14-9-13/h10,14-15H,4-9H2,1-3H3. The first-order valence-electron chi connectivity index (χ1n) is 6.57. The van der Waals surface area contributed by atoms with Crippen molar-refractivity contribution >= 4 is 5.97 Å². The van der Waals surface area contributed by atoms with Gasteiger partial charge >= 0.3 is 5.97 Å². The van der Waals surface area contributed by atoms with Crippen LogP contribution in [0.25, 0.3) is 0 Å². The van der Waals surface area contributed by atoms with Crippen molar-refractivity contribution in [1.82, 2.24) is 10.6 Å². The van der Waals surface area contributed by atoms with E-state index in [4.69, 9.17) is 4.74 Å². The monoisotopic (exact) mass is 240 g/mol. The minimum atomic E-state index is -0.392. The first-order chi connectivity index (χ1) is 7.90. The Morgan fingerprint density at radius 1 is 1.29 bits per heavy atom. The van der Waals surface area contributed by atoms with Crippen LogP contribution in [-0.2, 0) is 9.53 Å². The molecule has 2 N–H and O–H groups in total. The lowest BCUT2D eigenvalue weighted by Crippen LogP contribution is -2.50. The van der Waals surface area contributed by atoms with Crippen molar-refractivity contribution in [2.24, 2.45) is 5.41 Å². The fourth-order valence-corrected chi connectivity index (χ4v) is 2.84. The molecule has 0 aromatic carbocycles. The summed E-state index contributed by atoms with van der Waals surface area (Å²) in [7, 11) is 0. The molecule has 2 rings (SSSR count). The van der Waals surface area contributed by atoms with Gasteiger partial charge in [0.05, 0.1) is 0 Å². The fourth-order valence-electron chi connectivity index (χ4n) is 2.84. The summed E-state index contributed by atoms with van der Waals surface area (Å²) in [6.45, 7) is 8.81. The molecule has 1 spiro atoms. The van der Waals surface area contributed by atoms with E-state index in [1.807, 2.05) is 20.8 Å². The lowest BCUT2D eigenvalue weighted by Gasteiger charge is -2.38. The molecule has 98 valence electrons. The summed E-state index contributed by atoms with van der Waals surface area (Å²) in [6, 6.07) is -0.122. The van der Waals surface area contributed by atoms with E-state index in [9.17, 15) is 4.79 Å². The second-order valence-corrected chi connectivity index (χ2v) is 6.42. The normalized spacial score (nSPS) is 33.9. The van der Waals surface area contributed by atoms with Crippen LogP contribution in [-0.4, -0.2) is 37.2 Å². The Labute approximate surface area is 103 Å². The number of ether oxygens (including phenoxy) is 1. The number of carbonyl (C=O) groups excluding carboxylic acids is 1. The molecule has 2 aliphatic heterocycles. The molecule has 2 unspecified atom stereocenters. The molecule has 17 heavy (non-hydrogen) atoms. The van der Waals surface area contributed by atoms with E-state index in [2.05, 4.69) is 10.6 Å². The van der Waals surface area contributed by atoms with E-state index in [1.54, 1.807) is 0 Å². The van der Waals surface area contributed by atoms with Gasteiger partial charge in [-0.25, -0.2) is 0 Å². The van der Waals surface area contributed by atoms with Crippen LogP contribution in [0.4, 0.5) is 0 Å². The van der Waals surface area contributed by atoms with Crippen molar-refractivity contribution < 1.29 is 9.53 Å². The lowest BCUT2D eigenvalue weighted by molar-refractivity contribution is -0.159. The summed E-state index contributed by atoms with van der Waals surface area (Å²) < 4.78 is 5.46. The predicted molar refractivity (Wildman–Crippen MR) is 66.8 cm³/mol. The molecule has 2 saturated heterocycles. The first kappa shape index (κ1) is 12.8. The molecule has 0 aromatic heterocycles. The van der Waals surface area contributed by atoms with Gasteiger partial charge in [0.1, 0.15) is 11.6 Å². The zero-order valence-corrected chi connectivity index (χ0v) is 11.1. The van der Waals surface area contributed by atoms with Crippen LogP contribution in [0.3, 0.4) is 0 Å². The number of esters is 1. The smallest absolute Gasteiger partial charge is 0.323 e. The zero-order valence-electron chi connectivity index (χ0n) is 11.1. The lowest BCUT2D eigenvalue weighted by atomic mass is 9.75. The van der Waals surface area contributed by atoms with Gasteiger partial charge in [0.15, 0.2) is 0 Å². The number of carbonyl (C=O) groups is 1. The maximum absolute atomic E-state index is 12.0. The molecular formula is C13H24N2O2. The maximum atomic E-state index is 12.0. The molecule has 0 amide bonds. The minimum Gasteiger partial charge on any atom is -0.459 e. The summed E-state index contributed by atoms with van der Waals surface area (Å²) in [5.41, 5.74) is -0.0654. The van der Waals surface area contributed by atoms with E-state index >= 15 is 0 Å². The Morgan fingerprint density at radius 2 is 2.00 bits per heavy atom. The molecule has 0 bridgehead atoms. The summed E-state index contributed by atoms with van der Waals surface area (Å²) in [5.74, 6) is -0.0940. The molecule has 2 fully saturated rings. The SMILES string of the molecule is CC(C)(C)OC(=O)C1CC2(CCNC2)CCN1. The third kappa shape index (κ3) is 3.19. The average Bonchev–Trinajstić information content (AvgIpc) is 2.64. The zero-order chi connectivity index (χ0) is 12.5. The predicted octanol–water partition coefficient (Wildman–Crippen LogP) is 1.06. The molecule has 4 heteroatoms. The molecule has 0 saturated carbocycles. The van der Waals surface area contributed by atoms with E-state index in [-0.39, 0.29) is 12.0 Å². The van der Waals surface area contributed by atoms with Gasteiger partial charge in [0.2, 0.25) is 0 Å². The summed E-state index contributed by atoms with van der Waals surface area (Å²) >= 11 is 0. The van der Waals surface area contributed by atoms with Gasteiger partial charge in [-0.1, -0.05) is 0 Å². The van der Waals surface area contributed by atoms with Crippen molar-refractivity contribution in [2.45, 2.75) is 51.7 Å². The number of nitrogens with one attached hydrogen (secondary N) is 2. The molecule has 2 heterocycles. The van der Waals surface area contributed by atoms with Crippen LogP contribution < -0.4 is 10.6 Å². The largest absolute Gasteiger partial charge is 0.459 e.